The van der Waals surface area contributed by atoms with E-state index in [0.717, 1.165) is 5.56 Å². The molecule has 2 amide bonds. The highest BCUT2D eigenvalue weighted by Crippen LogP contribution is 2.20. The number of ether oxygens (including phenoxy) is 1. The van der Waals surface area contributed by atoms with Crippen LogP contribution in [0.4, 0.5) is 5.69 Å². The maximum absolute atomic E-state index is 12.5. The lowest BCUT2D eigenvalue weighted by atomic mass is 10.1. The van der Waals surface area contributed by atoms with Crippen LogP contribution in [-0.2, 0) is 16.6 Å². The number of anilines is 1. The molecule has 1 heterocycles. The lowest BCUT2D eigenvalue weighted by Gasteiger charge is -2.14. The Labute approximate surface area is 202 Å². The van der Waals surface area contributed by atoms with Crippen molar-refractivity contribution in [2.45, 2.75) is 32.0 Å². The van der Waals surface area contributed by atoms with Crippen molar-refractivity contribution < 1.29 is 19.1 Å². The molecule has 9 nitrogen and oxygen atoms in total. The predicted molar refractivity (Wildman–Crippen MR) is 130 cm³/mol. The first-order valence-corrected chi connectivity index (χ1v) is 11.7. The zero-order valence-electron chi connectivity index (χ0n) is 19.5. The van der Waals surface area contributed by atoms with Crippen LogP contribution in [0.25, 0.3) is 0 Å². The lowest BCUT2D eigenvalue weighted by Crippen LogP contribution is -2.28. The van der Waals surface area contributed by atoms with Gasteiger partial charge in [-0.25, -0.2) is 4.79 Å². The maximum atomic E-state index is 12.5. The minimum atomic E-state index is -0.441. The Bertz CT molecular complexity index is 1190. The first-order chi connectivity index (χ1) is 16.3. The molecule has 3 aromatic rings. The van der Waals surface area contributed by atoms with Crippen molar-refractivity contribution in [2.24, 2.45) is 7.05 Å². The largest absolute Gasteiger partial charge is 0.462 e. The molecule has 178 valence electrons. The molecule has 0 fully saturated rings. The van der Waals surface area contributed by atoms with Crippen LogP contribution in [0.2, 0.25) is 0 Å². The third-order valence-corrected chi connectivity index (χ3v) is 5.89. The number of benzene rings is 2. The molecule has 0 saturated carbocycles. The Morgan fingerprint density at radius 1 is 1.09 bits per heavy atom. The summed E-state index contributed by atoms with van der Waals surface area (Å²) in [6.07, 6.45) is 0. The van der Waals surface area contributed by atoms with E-state index in [1.54, 1.807) is 48.9 Å². The quantitative estimate of drug-likeness (QED) is 0.355. The van der Waals surface area contributed by atoms with E-state index in [0.29, 0.717) is 27.8 Å². The molecular weight excluding hydrogens is 454 g/mol. The number of amides is 2. The van der Waals surface area contributed by atoms with Crippen molar-refractivity contribution in [3.63, 3.8) is 0 Å². The molecule has 2 aromatic carbocycles. The van der Waals surface area contributed by atoms with Crippen molar-refractivity contribution in [3.8, 4) is 0 Å². The van der Waals surface area contributed by atoms with Gasteiger partial charge in [-0.05, 0) is 51.1 Å². The number of carbonyl (C=O) groups excluding carboxylic acids is 3. The molecule has 1 aromatic heterocycles. The summed E-state index contributed by atoms with van der Waals surface area (Å²) in [7, 11) is 1.79. The normalized spacial score (nSPS) is 11.5. The second-order valence-electron chi connectivity index (χ2n) is 7.60. The zero-order chi connectivity index (χ0) is 24.7. The number of thioether (sulfide) groups is 1. The number of hydrogen-bond donors (Lipinski definition) is 2. The van der Waals surface area contributed by atoms with Gasteiger partial charge in [0.15, 0.2) is 11.0 Å². The number of carbonyl (C=O) groups is 3. The number of esters is 1. The van der Waals surface area contributed by atoms with Gasteiger partial charge in [0.2, 0.25) is 5.91 Å². The van der Waals surface area contributed by atoms with Crippen LogP contribution < -0.4 is 10.6 Å². The van der Waals surface area contributed by atoms with Crippen molar-refractivity contribution >= 4 is 35.2 Å². The van der Waals surface area contributed by atoms with Gasteiger partial charge in [-0.3, -0.25) is 9.59 Å². The molecule has 0 radical (unpaired) electrons. The van der Waals surface area contributed by atoms with Crippen LogP contribution in [0.3, 0.4) is 0 Å². The monoisotopic (exact) mass is 481 g/mol. The molecule has 10 heteroatoms. The molecule has 3 rings (SSSR count). The van der Waals surface area contributed by atoms with Crippen LogP contribution in [-0.4, -0.2) is 44.9 Å². The summed E-state index contributed by atoms with van der Waals surface area (Å²) in [5.41, 5.74) is 2.45. The summed E-state index contributed by atoms with van der Waals surface area (Å²) < 4.78 is 6.73. The fourth-order valence-electron chi connectivity index (χ4n) is 3.23. The summed E-state index contributed by atoms with van der Waals surface area (Å²) in [6.45, 7) is 5.77. The Morgan fingerprint density at radius 2 is 1.82 bits per heavy atom. The summed E-state index contributed by atoms with van der Waals surface area (Å²) >= 11 is 1.22. The fourth-order valence-corrected chi connectivity index (χ4v) is 3.94. The molecule has 2 N–H and O–H groups in total. The summed E-state index contributed by atoms with van der Waals surface area (Å²) in [6, 6.07) is 13.5. The molecule has 0 bridgehead atoms. The first-order valence-electron chi connectivity index (χ1n) is 10.7. The Hall–Kier alpha value is -3.66. The van der Waals surface area contributed by atoms with Crippen molar-refractivity contribution in [1.29, 1.82) is 0 Å². The van der Waals surface area contributed by atoms with E-state index in [1.807, 2.05) is 32.0 Å². The van der Waals surface area contributed by atoms with Gasteiger partial charge in [0, 0.05) is 18.3 Å². The van der Waals surface area contributed by atoms with Crippen LogP contribution in [0.1, 0.15) is 52.0 Å². The molecule has 0 aliphatic heterocycles. The standard InChI is InChI=1S/C24H27N5O4S/c1-5-33-23(32)18-10-7-11-19(13-18)26-20(30)14-34-24-28-27-21(29(24)4)16(3)25-22(31)17-9-6-8-15(2)12-17/h6-13,16H,5,14H2,1-4H3,(H,25,31)(H,26,30)/t16-/m1/s1. The molecule has 0 saturated heterocycles. The molecule has 34 heavy (non-hydrogen) atoms. The van der Waals surface area contributed by atoms with Crippen molar-refractivity contribution in [1.82, 2.24) is 20.1 Å². The number of hydrogen-bond acceptors (Lipinski definition) is 7. The second kappa shape index (κ2) is 11.5. The first kappa shape index (κ1) is 25.0. The van der Waals surface area contributed by atoms with Crippen molar-refractivity contribution in [2.75, 3.05) is 17.7 Å². The Balaban J connectivity index is 1.57. The van der Waals surface area contributed by atoms with Gasteiger partial charge in [0.1, 0.15) is 0 Å². The van der Waals surface area contributed by atoms with E-state index in [1.165, 1.54) is 11.8 Å². The minimum Gasteiger partial charge on any atom is -0.462 e. The van der Waals surface area contributed by atoms with Gasteiger partial charge in [0.25, 0.3) is 5.91 Å². The summed E-state index contributed by atoms with van der Waals surface area (Å²) in [5.74, 6) is -0.219. The average Bonchev–Trinajstić information content (AvgIpc) is 3.18. The van der Waals surface area contributed by atoms with Crippen LogP contribution in [0, 0.1) is 6.92 Å². The minimum absolute atomic E-state index is 0.0969. The predicted octanol–water partition coefficient (Wildman–Crippen LogP) is 3.52. The van der Waals surface area contributed by atoms with E-state index in [9.17, 15) is 14.4 Å². The number of aryl methyl sites for hydroxylation is 1. The van der Waals surface area contributed by atoms with E-state index >= 15 is 0 Å². The van der Waals surface area contributed by atoms with Crippen molar-refractivity contribution in [3.05, 3.63) is 71.0 Å². The maximum Gasteiger partial charge on any atom is 0.338 e. The topological polar surface area (TPSA) is 115 Å². The number of rotatable bonds is 9. The third-order valence-electron chi connectivity index (χ3n) is 4.87. The molecule has 0 unspecified atom stereocenters. The van der Waals surface area contributed by atoms with Gasteiger partial charge in [0.05, 0.1) is 24.0 Å². The SMILES string of the molecule is CCOC(=O)c1cccc(NC(=O)CSc2nnc([C@@H](C)NC(=O)c3cccc(C)c3)n2C)c1. The van der Waals surface area contributed by atoms with Gasteiger partial charge < -0.3 is 19.9 Å². The molecule has 1 atom stereocenters. The third kappa shape index (κ3) is 6.44. The number of nitrogens with one attached hydrogen (secondary N) is 2. The summed E-state index contributed by atoms with van der Waals surface area (Å²) in [5, 5.41) is 14.6. The number of nitrogens with zero attached hydrogens (tertiary/aromatic N) is 3. The second-order valence-corrected chi connectivity index (χ2v) is 8.55. The zero-order valence-corrected chi connectivity index (χ0v) is 20.3. The average molecular weight is 482 g/mol. The van der Waals surface area contributed by atoms with Gasteiger partial charge >= 0.3 is 5.97 Å². The number of aromatic nitrogens is 3. The van der Waals surface area contributed by atoms with E-state index in [2.05, 4.69) is 20.8 Å². The molecule has 0 aliphatic rings. The van der Waals surface area contributed by atoms with Crippen LogP contribution in [0.15, 0.2) is 53.7 Å². The van der Waals surface area contributed by atoms with Crippen LogP contribution in [0.5, 0.6) is 0 Å². The fraction of sp³-hybridized carbons (Fsp3) is 0.292. The van der Waals surface area contributed by atoms with E-state index < -0.39 is 5.97 Å². The van der Waals surface area contributed by atoms with Gasteiger partial charge in [-0.15, -0.1) is 10.2 Å². The van der Waals surface area contributed by atoms with Gasteiger partial charge in [-0.1, -0.05) is 35.5 Å². The molecule has 0 spiro atoms. The Kier molecular flexibility index (Phi) is 8.42. The summed E-state index contributed by atoms with van der Waals surface area (Å²) in [4.78, 5) is 36.8. The van der Waals surface area contributed by atoms with E-state index in [4.69, 9.17) is 4.74 Å². The smallest absolute Gasteiger partial charge is 0.338 e. The Morgan fingerprint density at radius 3 is 2.56 bits per heavy atom. The van der Waals surface area contributed by atoms with E-state index in [-0.39, 0.29) is 30.2 Å². The molecular formula is C24H27N5O4S. The highest BCUT2D eigenvalue weighted by Gasteiger charge is 2.19. The highest BCUT2D eigenvalue weighted by molar-refractivity contribution is 7.99. The lowest BCUT2D eigenvalue weighted by molar-refractivity contribution is -0.113. The highest BCUT2D eigenvalue weighted by atomic mass is 32.2. The van der Waals surface area contributed by atoms with Gasteiger partial charge in [-0.2, -0.15) is 0 Å². The molecule has 0 aliphatic carbocycles. The van der Waals surface area contributed by atoms with Crippen LogP contribution >= 0.6 is 11.8 Å².